The maximum Gasteiger partial charge on any atom is 0.254 e. The van der Waals surface area contributed by atoms with E-state index in [1.807, 2.05) is 33.1 Å². The molecule has 2 rings (SSSR count). The van der Waals surface area contributed by atoms with Crippen molar-refractivity contribution in [1.29, 1.82) is 0 Å². The molecule has 0 aliphatic rings. The second kappa shape index (κ2) is 8.80. The third-order valence-corrected chi connectivity index (χ3v) is 4.10. The van der Waals surface area contributed by atoms with Crippen molar-refractivity contribution >= 4 is 23.2 Å². The van der Waals surface area contributed by atoms with Crippen LogP contribution in [0.15, 0.2) is 35.2 Å². The number of amides is 2. The Morgan fingerprint density at radius 1 is 1.31 bits per heavy atom. The smallest absolute Gasteiger partial charge is 0.254 e. The Kier molecular flexibility index (Phi) is 6.74. The van der Waals surface area contributed by atoms with Gasteiger partial charge in [0.05, 0.1) is 17.7 Å². The van der Waals surface area contributed by atoms with Crippen molar-refractivity contribution < 1.29 is 14.3 Å². The van der Waals surface area contributed by atoms with Gasteiger partial charge in [-0.3, -0.25) is 9.59 Å². The number of ether oxygens (including phenoxy) is 1. The maximum atomic E-state index is 12.7. The maximum absolute atomic E-state index is 12.7. The molecule has 1 aromatic heterocycles. The first-order valence-corrected chi connectivity index (χ1v) is 9.43. The highest BCUT2D eigenvalue weighted by molar-refractivity contribution is 7.07. The van der Waals surface area contributed by atoms with E-state index in [1.165, 1.54) is 16.2 Å². The molecule has 0 radical (unpaired) electrons. The molecule has 26 heavy (non-hydrogen) atoms. The Morgan fingerprint density at radius 2 is 2.08 bits per heavy atom. The van der Waals surface area contributed by atoms with Gasteiger partial charge in [0, 0.05) is 23.0 Å². The molecule has 140 valence electrons. The molecular weight excluding hydrogens is 350 g/mol. The summed E-state index contributed by atoms with van der Waals surface area (Å²) in [6, 6.07) is 6.99. The van der Waals surface area contributed by atoms with Crippen LogP contribution in [-0.2, 0) is 11.4 Å². The van der Waals surface area contributed by atoms with Crippen LogP contribution < -0.4 is 10.1 Å². The summed E-state index contributed by atoms with van der Waals surface area (Å²) < 4.78 is 5.70. The third-order valence-electron chi connectivity index (χ3n) is 3.47. The SMILES string of the molecule is CCN(CC(=O)NC(C)(C)C)C(=O)c1cccc(OCc2cscn2)c1. The van der Waals surface area contributed by atoms with Crippen molar-refractivity contribution in [3.8, 4) is 5.75 Å². The van der Waals surface area contributed by atoms with E-state index in [1.54, 1.807) is 29.8 Å². The van der Waals surface area contributed by atoms with Gasteiger partial charge in [-0.1, -0.05) is 6.07 Å². The van der Waals surface area contributed by atoms with Crippen molar-refractivity contribution in [2.24, 2.45) is 0 Å². The molecule has 1 heterocycles. The number of hydrogen-bond donors (Lipinski definition) is 1. The van der Waals surface area contributed by atoms with Gasteiger partial charge in [-0.15, -0.1) is 11.3 Å². The number of aromatic nitrogens is 1. The molecule has 2 amide bonds. The minimum absolute atomic E-state index is 0.0243. The van der Waals surface area contributed by atoms with E-state index >= 15 is 0 Å². The van der Waals surface area contributed by atoms with Gasteiger partial charge in [-0.2, -0.15) is 0 Å². The Hall–Kier alpha value is -2.41. The molecule has 7 heteroatoms. The molecule has 0 fully saturated rings. The fourth-order valence-corrected chi connectivity index (χ4v) is 2.87. The highest BCUT2D eigenvalue weighted by Gasteiger charge is 2.20. The van der Waals surface area contributed by atoms with Crippen LogP contribution in [0.4, 0.5) is 0 Å². The Labute approximate surface area is 158 Å². The lowest BCUT2D eigenvalue weighted by molar-refractivity contribution is -0.123. The number of carbonyl (C=O) groups is 2. The van der Waals surface area contributed by atoms with Gasteiger partial charge in [0.2, 0.25) is 5.91 Å². The highest BCUT2D eigenvalue weighted by Crippen LogP contribution is 2.17. The molecule has 0 saturated heterocycles. The van der Waals surface area contributed by atoms with Gasteiger partial charge in [-0.05, 0) is 45.9 Å². The van der Waals surface area contributed by atoms with Gasteiger partial charge < -0.3 is 15.0 Å². The topological polar surface area (TPSA) is 71.5 Å². The van der Waals surface area contributed by atoms with Gasteiger partial charge in [0.25, 0.3) is 5.91 Å². The first-order chi connectivity index (χ1) is 12.3. The van der Waals surface area contributed by atoms with Crippen molar-refractivity contribution in [3.05, 3.63) is 46.4 Å². The van der Waals surface area contributed by atoms with E-state index in [-0.39, 0.29) is 23.9 Å². The monoisotopic (exact) mass is 375 g/mol. The van der Waals surface area contributed by atoms with E-state index in [2.05, 4.69) is 10.3 Å². The molecule has 1 aromatic carbocycles. The van der Waals surface area contributed by atoms with Crippen LogP contribution in [0.2, 0.25) is 0 Å². The zero-order valence-electron chi connectivity index (χ0n) is 15.6. The molecule has 0 aliphatic carbocycles. The molecule has 0 aliphatic heterocycles. The number of rotatable bonds is 7. The lowest BCUT2D eigenvalue weighted by Crippen LogP contribution is -2.47. The van der Waals surface area contributed by atoms with E-state index < -0.39 is 0 Å². The normalized spacial score (nSPS) is 11.1. The van der Waals surface area contributed by atoms with Gasteiger partial charge in [-0.25, -0.2) is 4.98 Å². The molecule has 0 saturated carbocycles. The number of hydrogen-bond acceptors (Lipinski definition) is 5. The summed E-state index contributed by atoms with van der Waals surface area (Å²) in [4.78, 5) is 30.6. The van der Waals surface area contributed by atoms with Crippen LogP contribution in [0.25, 0.3) is 0 Å². The quantitative estimate of drug-likeness (QED) is 0.807. The minimum atomic E-state index is -0.330. The first kappa shape index (κ1) is 19.9. The Morgan fingerprint density at radius 3 is 2.69 bits per heavy atom. The predicted octanol–water partition coefficient (Wildman–Crippen LogP) is 3.10. The second-order valence-corrected chi connectivity index (χ2v) is 7.63. The molecule has 0 unspecified atom stereocenters. The van der Waals surface area contributed by atoms with Gasteiger partial charge in [0.15, 0.2) is 0 Å². The van der Waals surface area contributed by atoms with Gasteiger partial charge >= 0.3 is 0 Å². The van der Waals surface area contributed by atoms with E-state index in [0.717, 1.165) is 5.69 Å². The van der Waals surface area contributed by atoms with E-state index in [9.17, 15) is 9.59 Å². The van der Waals surface area contributed by atoms with Crippen LogP contribution in [-0.4, -0.2) is 40.3 Å². The van der Waals surface area contributed by atoms with Crippen molar-refractivity contribution in [1.82, 2.24) is 15.2 Å². The zero-order valence-corrected chi connectivity index (χ0v) is 16.4. The molecule has 0 atom stereocenters. The lowest BCUT2D eigenvalue weighted by atomic mass is 10.1. The molecule has 1 N–H and O–H groups in total. The van der Waals surface area contributed by atoms with Crippen LogP contribution >= 0.6 is 11.3 Å². The summed E-state index contributed by atoms with van der Waals surface area (Å²) in [5, 5.41) is 4.79. The Balaban J connectivity index is 2.02. The van der Waals surface area contributed by atoms with Gasteiger partial charge in [0.1, 0.15) is 12.4 Å². The summed E-state index contributed by atoms with van der Waals surface area (Å²) in [6.45, 7) is 8.40. The number of carbonyl (C=O) groups excluding carboxylic acids is 2. The first-order valence-electron chi connectivity index (χ1n) is 8.48. The van der Waals surface area contributed by atoms with Crippen molar-refractivity contribution in [2.45, 2.75) is 39.8 Å². The number of likely N-dealkylation sites (N-methyl/N-ethyl adjacent to an activating group) is 1. The molecule has 0 bridgehead atoms. The summed E-state index contributed by atoms with van der Waals surface area (Å²) in [5.41, 5.74) is 2.76. The standard InChI is InChI=1S/C19H25N3O3S/c1-5-22(10-17(23)21-19(2,3)4)18(24)14-7-6-8-16(9-14)25-11-15-12-26-13-20-15/h6-9,12-13H,5,10-11H2,1-4H3,(H,21,23). The van der Waals surface area contributed by atoms with Crippen LogP contribution in [0.3, 0.4) is 0 Å². The molecular formula is C19H25N3O3S. The summed E-state index contributed by atoms with van der Waals surface area (Å²) >= 11 is 1.51. The van der Waals surface area contributed by atoms with Crippen LogP contribution in [0.5, 0.6) is 5.75 Å². The zero-order chi connectivity index (χ0) is 19.2. The largest absolute Gasteiger partial charge is 0.487 e. The van der Waals surface area contributed by atoms with Crippen molar-refractivity contribution in [3.63, 3.8) is 0 Å². The fraction of sp³-hybridized carbons (Fsp3) is 0.421. The third kappa shape index (κ3) is 6.15. The van der Waals surface area contributed by atoms with Crippen LogP contribution in [0.1, 0.15) is 43.7 Å². The minimum Gasteiger partial charge on any atom is -0.487 e. The van der Waals surface area contributed by atoms with E-state index in [0.29, 0.717) is 24.5 Å². The second-order valence-electron chi connectivity index (χ2n) is 6.91. The number of thiazole rings is 1. The van der Waals surface area contributed by atoms with E-state index in [4.69, 9.17) is 4.74 Å². The molecule has 6 nitrogen and oxygen atoms in total. The number of nitrogens with one attached hydrogen (secondary N) is 1. The average molecular weight is 375 g/mol. The average Bonchev–Trinajstić information content (AvgIpc) is 3.09. The summed E-state index contributed by atoms with van der Waals surface area (Å²) in [6.07, 6.45) is 0. The lowest BCUT2D eigenvalue weighted by Gasteiger charge is -2.25. The van der Waals surface area contributed by atoms with Crippen LogP contribution in [0, 0.1) is 0 Å². The summed E-state index contributed by atoms with van der Waals surface area (Å²) in [7, 11) is 0. The summed E-state index contributed by atoms with van der Waals surface area (Å²) in [5.74, 6) is 0.221. The number of nitrogens with zero attached hydrogens (tertiary/aromatic N) is 2. The molecule has 0 spiro atoms. The van der Waals surface area contributed by atoms with Crippen molar-refractivity contribution in [2.75, 3.05) is 13.1 Å². The molecule has 2 aromatic rings. The number of benzene rings is 1. The fourth-order valence-electron chi connectivity index (χ4n) is 2.33. The Bertz CT molecular complexity index is 739. The highest BCUT2D eigenvalue weighted by atomic mass is 32.1. The predicted molar refractivity (Wildman–Crippen MR) is 102 cm³/mol.